The number of rotatable bonds is 5. The van der Waals surface area contributed by atoms with E-state index in [-0.39, 0.29) is 6.61 Å². The third-order valence-corrected chi connectivity index (χ3v) is 4.39. The van der Waals surface area contributed by atoms with Crippen LogP contribution in [0.2, 0.25) is 0 Å². The van der Waals surface area contributed by atoms with Gasteiger partial charge in [-0.2, -0.15) is 0 Å². The van der Waals surface area contributed by atoms with E-state index in [1.807, 2.05) is 30.3 Å². The Morgan fingerprint density at radius 1 is 1.23 bits per heavy atom. The molecular formula is C19H20N2O5. The van der Waals surface area contributed by atoms with Crippen molar-refractivity contribution in [2.24, 2.45) is 0 Å². The number of esters is 1. The third-order valence-electron chi connectivity index (χ3n) is 4.39. The number of carbonyl (C=O) groups is 3. The second-order valence-corrected chi connectivity index (χ2v) is 6.35. The Hall–Kier alpha value is -3.09. The second-order valence-electron chi connectivity index (χ2n) is 6.35. The fourth-order valence-corrected chi connectivity index (χ4v) is 2.82. The fraction of sp³-hybridized carbons (Fsp3) is 0.316. The number of amides is 2. The van der Waals surface area contributed by atoms with Gasteiger partial charge in [0.25, 0.3) is 0 Å². The summed E-state index contributed by atoms with van der Waals surface area (Å²) >= 11 is 0. The highest BCUT2D eigenvalue weighted by atomic mass is 16.5. The van der Waals surface area contributed by atoms with Crippen molar-refractivity contribution < 1.29 is 24.2 Å². The van der Waals surface area contributed by atoms with Gasteiger partial charge < -0.3 is 20.1 Å². The van der Waals surface area contributed by atoms with Gasteiger partial charge >= 0.3 is 18.0 Å². The minimum Gasteiger partial charge on any atom is -0.480 e. The SMILES string of the molecule is CC(COC(=O)c1ccc2ccccc2c1)NC(=O)N1CC[C@H]1C(=O)O. The molecule has 1 aliphatic heterocycles. The van der Waals surface area contributed by atoms with Crippen LogP contribution in [0.3, 0.4) is 0 Å². The number of fused-ring (bicyclic) bond motifs is 1. The zero-order chi connectivity index (χ0) is 18.7. The van der Waals surface area contributed by atoms with Gasteiger partial charge in [-0.15, -0.1) is 0 Å². The van der Waals surface area contributed by atoms with E-state index in [2.05, 4.69) is 5.32 Å². The summed E-state index contributed by atoms with van der Waals surface area (Å²) in [4.78, 5) is 36.4. The molecule has 2 amide bonds. The molecule has 1 saturated heterocycles. The van der Waals surface area contributed by atoms with Crippen molar-refractivity contribution in [2.75, 3.05) is 13.2 Å². The van der Waals surface area contributed by atoms with E-state index < -0.39 is 30.1 Å². The van der Waals surface area contributed by atoms with E-state index in [4.69, 9.17) is 9.84 Å². The Morgan fingerprint density at radius 3 is 2.62 bits per heavy atom. The average Bonchev–Trinajstić information content (AvgIpc) is 2.57. The highest BCUT2D eigenvalue weighted by molar-refractivity contribution is 5.95. The van der Waals surface area contributed by atoms with E-state index >= 15 is 0 Å². The van der Waals surface area contributed by atoms with Crippen molar-refractivity contribution in [3.8, 4) is 0 Å². The van der Waals surface area contributed by atoms with Crippen molar-refractivity contribution in [1.29, 1.82) is 0 Å². The highest BCUT2D eigenvalue weighted by Gasteiger charge is 2.37. The lowest BCUT2D eigenvalue weighted by molar-refractivity contribution is -0.145. The van der Waals surface area contributed by atoms with Gasteiger partial charge in [0.1, 0.15) is 12.6 Å². The Bertz CT molecular complexity index is 851. The summed E-state index contributed by atoms with van der Waals surface area (Å²) in [5.41, 5.74) is 0.441. The van der Waals surface area contributed by atoms with Crippen LogP contribution in [-0.2, 0) is 9.53 Å². The molecule has 1 heterocycles. The Morgan fingerprint density at radius 2 is 1.96 bits per heavy atom. The van der Waals surface area contributed by atoms with E-state index in [0.29, 0.717) is 18.5 Å². The smallest absolute Gasteiger partial charge is 0.338 e. The molecule has 0 aromatic heterocycles. The summed E-state index contributed by atoms with van der Waals surface area (Å²) < 4.78 is 5.26. The number of hydrogen-bond acceptors (Lipinski definition) is 4. The van der Waals surface area contributed by atoms with Crippen LogP contribution < -0.4 is 5.32 Å². The van der Waals surface area contributed by atoms with Crippen LogP contribution in [0.1, 0.15) is 23.7 Å². The van der Waals surface area contributed by atoms with Crippen LogP contribution in [0.25, 0.3) is 10.8 Å². The quantitative estimate of drug-likeness (QED) is 0.801. The molecule has 0 bridgehead atoms. The van der Waals surface area contributed by atoms with E-state index in [0.717, 1.165) is 10.8 Å². The van der Waals surface area contributed by atoms with Gasteiger partial charge in [-0.3, -0.25) is 0 Å². The van der Waals surface area contributed by atoms with E-state index in [1.54, 1.807) is 19.1 Å². The normalized spacial score (nSPS) is 17.3. The van der Waals surface area contributed by atoms with Crippen LogP contribution in [0.15, 0.2) is 42.5 Å². The molecule has 2 atom stereocenters. The summed E-state index contributed by atoms with van der Waals surface area (Å²) in [5.74, 6) is -1.48. The van der Waals surface area contributed by atoms with Gasteiger partial charge in [-0.25, -0.2) is 14.4 Å². The van der Waals surface area contributed by atoms with Gasteiger partial charge in [0, 0.05) is 6.54 Å². The molecule has 0 saturated carbocycles. The van der Waals surface area contributed by atoms with Crippen molar-refractivity contribution >= 4 is 28.7 Å². The number of nitrogens with one attached hydrogen (secondary N) is 1. The number of hydrogen-bond donors (Lipinski definition) is 2. The number of nitrogens with zero attached hydrogens (tertiary/aromatic N) is 1. The van der Waals surface area contributed by atoms with Gasteiger partial charge in [0.2, 0.25) is 0 Å². The number of carbonyl (C=O) groups excluding carboxylic acids is 2. The first-order chi connectivity index (χ1) is 12.5. The lowest BCUT2D eigenvalue weighted by Gasteiger charge is -2.38. The minimum atomic E-state index is -1.01. The number of carboxylic acids is 1. The molecule has 0 aliphatic carbocycles. The molecule has 136 valence electrons. The Balaban J connectivity index is 1.52. The summed E-state index contributed by atoms with van der Waals surface area (Å²) in [6.07, 6.45) is 0.452. The maximum atomic E-state index is 12.2. The van der Waals surface area contributed by atoms with Crippen LogP contribution in [0.5, 0.6) is 0 Å². The standard InChI is InChI=1S/C19H20N2O5/c1-12(20-19(25)21-9-8-16(21)17(22)23)11-26-18(24)15-7-6-13-4-2-3-5-14(13)10-15/h2-7,10,12,16H,8-9,11H2,1H3,(H,20,25)(H,22,23)/t12?,16-/m0/s1. The summed E-state index contributed by atoms with van der Waals surface area (Å²) in [5, 5.41) is 13.6. The number of carboxylic acid groups (broad SMARTS) is 1. The Kier molecular flexibility index (Phi) is 5.06. The predicted molar refractivity (Wildman–Crippen MR) is 95.0 cm³/mol. The second kappa shape index (κ2) is 7.43. The van der Waals surface area contributed by atoms with Crippen LogP contribution in [-0.4, -0.2) is 53.2 Å². The molecular weight excluding hydrogens is 336 g/mol. The first-order valence-corrected chi connectivity index (χ1v) is 8.41. The van der Waals surface area contributed by atoms with E-state index in [1.165, 1.54) is 4.90 Å². The molecule has 1 aliphatic rings. The molecule has 1 fully saturated rings. The zero-order valence-electron chi connectivity index (χ0n) is 14.3. The molecule has 7 nitrogen and oxygen atoms in total. The maximum absolute atomic E-state index is 12.2. The molecule has 2 aromatic carbocycles. The average molecular weight is 356 g/mol. The molecule has 1 unspecified atom stereocenters. The van der Waals surface area contributed by atoms with Crippen molar-refractivity contribution in [1.82, 2.24) is 10.2 Å². The molecule has 7 heteroatoms. The number of likely N-dealkylation sites (tertiary alicyclic amines) is 1. The third kappa shape index (κ3) is 3.77. The summed E-state index contributed by atoms with van der Waals surface area (Å²) in [6.45, 7) is 2.11. The first-order valence-electron chi connectivity index (χ1n) is 8.41. The fourth-order valence-electron chi connectivity index (χ4n) is 2.82. The molecule has 2 aromatic rings. The lowest BCUT2D eigenvalue weighted by atomic mass is 10.0. The zero-order valence-corrected chi connectivity index (χ0v) is 14.3. The van der Waals surface area contributed by atoms with Crippen molar-refractivity contribution in [2.45, 2.75) is 25.4 Å². The minimum absolute atomic E-state index is 0.00295. The maximum Gasteiger partial charge on any atom is 0.338 e. The molecule has 0 radical (unpaired) electrons. The lowest BCUT2D eigenvalue weighted by Crippen LogP contribution is -2.59. The van der Waals surface area contributed by atoms with E-state index in [9.17, 15) is 14.4 Å². The molecule has 3 rings (SSSR count). The first kappa shape index (κ1) is 17.7. The van der Waals surface area contributed by atoms with Gasteiger partial charge in [0.05, 0.1) is 11.6 Å². The van der Waals surface area contributed by atoms with Crippen LogP contribution >= 0.6 is 0 Å². The van der Waals surface area contributed by atoms with Crippen LogP contribution in [0, 0.1) is 0 Å². The number of ether oxygens (including phenoxy) is 1. The predicted octanol–water partition coefficient (Wildman–Crippen LogP) is 2.25. The monoisotopic (exact) mass is 356 g/mol. The number of benzene rings is 2. The highest BCUT2D eigenvalue weighted by Crippen LogP contribution is 2.18. The molecule has 2 N–H and O–H groups in total. The van der Waals surface area contributed by atoms with Gasteiger partial charge in [-0.1, -0.05) is 30.3 Å². The number of urea groups is 1. The van der Waals surface area contributed by atoms with Gasteiger partial charge in [-0.05, 0) is 36.2 Å². The van der Waals surface area contributed by atoms with Gasteiger partial charge in [0.15, 0.2) is 0 Å². The van der Waals surface area contributed by atoms with Crippen LogP contribution in [0.4, 0.5) is 4.79 Å². The molecule has 26 heavy (non-hydrogen) atoms. The molecule has 0 spiro atoms. The van der Waals surface area contributed by atoms with Crippen molar-refractivity contribution in [3.05, 3.63) is 48.0 Å². The number of aliphatic carboxylic acids is 1. The van der Waals surface area contributed by atoms with Crippen molar-refractivity contribution in [3.63, 3.8) is 0 Å². The Labute approximate surface area is 150 Å². The topological polar surface area (TPSA) is 95.9 Å². The largest absolute Gasteiger partial charge is 0.480 e. The summed E-state index contributed by atoms with van der Waals surface area (Å²) in [7, 11) is 0. The summed E-state index contributed by atoms with van der Waals surface area (Å²) in [6, 6.07) is 11.4.